The summed E-state index contributed by atoms with van der Waals surface area (Å²) in [5.41, 5.74) is 10.5. The molecule has 2 N–H and O–H groups in total. The second kappa shape index (κ2) is 6.59. The minimum absolute atomic E-state index is 0.0569. The molecular weight excluding hydrogens is 288 g/mol. The lowest BCUT2D eigenvalue weighted by atomic mass is 9.98. The molecule has 0 fully saturated rings. The van der Waals surface area contributed by atoms with Crippen LogP contribution in [0.1, 0.15) is 31.5 Å². The number of aryl methyl sites for hydroxylation is 1. The maximum absolute atomic E-state index is 6.08. The molecule has 0 radical (unpaired) electrons. The lowest BCUT2D eigenvalue weighted by Crippen LogP contribution is -2.29. The van der Waals surface area contributed by atoms with Crippen LogP contribution >= 0.6 is 0 Å². The molecule has 1 atom stereocenters. The van der Waals surface area contributed by atoms with Crippen molar-refractivity contribution in [1.29, 1.82) is 0 Å². The van der Waals surface area contributed by atoms with Crippen LogP contribution in [0.25, 0.3) is 11.1 Å². The first kappa shape index (κ1) is 15.8. The van der Waals surface area contributed by atoms with Crippen molar-refractivity contribution in [3.05, 3.63) is 41.7 Å². The predicted molar refractivity (Wildman–Crippen MR) is 91.7 cm³/mol. The Morgan fingerprint density at radius 2 is 2.09 bits per heavy atom. The average Bonchev–Trinajstić information content (AvgIpc) is 2.51. The number of rotatable bonds is 5. The van der Waals surface area contributed by atoms with E-state index in [4.69, 9.17) is 15.2 Å². The first-order chi connectivity index (χ1) is 11.0. The smallest absolute Gasteiger partial charge is 0.131 e. The largest absolute Gasteiger partial charge is 0.492 e. The molecule has 0 saturated heterocycles. The van der Waals surface area contributed by atoms with Gasteiger partial charge in [-0.05, 0) is 43.0 Å². The third kappa shape index (κ3) is 3.64. The van der Waals surface area contributed by atoms with Crippen molar-refractivity contribution < 1.29 is 9.47 Å². The highest BCUT2D eigenvalue weighted by Gasteiger charge is 2.18. The number of hydrogen-bond donors (Lipinski definition) is 1. The maximum Gasteiger partial charge on any atom is 0.131 e. The van der Waals surface area contributed by atoms with Crippen molar-refractivity contribution in [2.75, 3.05) is 6.61 Å². The van der Waals surface area contributed by atoms with Crippen molar-refractivity contribution in [3.63, 3.8) is 0 Å². The standard InChI is InChI=1S/C19H24N2O2/c1-12(2)6-15(20)11-22-16-4-5-17-18-7-13(3)21-9-14(18)10-23-19(17)8-16/h4-5,7-9,12,15H,6,10-11,20H2,1-3H3/t15-/m0/s1. The van der Waals surface area contributed by atoms with Crippen LogP contribution in [0.15, 0.2) is 30.5 Å². The van der Waals surface area contributed by atoms with E-state index in [1.165, 1.54) is 5.56 Å². The molecule has 4 heteroatoms. The van der Waals surface area contributed by atoms with E-state index in [0.29, 0.717) is 19.1 Å². The summed E-state index contributed by atoms with van der Waals surface area (Å²) in [6.07, 6.45) is 2.85. The molecule has 1 aromatic carbocycles. The maximum atomic E-state index is 6.08. The molecule has 0 amide bonds. The Bertz CT molecular complexity index is 698. The van der Waals surface area contributed by atoms with Crippen molar-refractivity contribution in [3.8, 4) is 22.6 Å². The minimum Gasteiger partial charge on any atom is -0.492 e. The Kier molecular flexibility index (Phi) is 4.53. The second-order valence-corrected chi connectivity index (χ2v) is 6.63. The summed E-state index contributed by atoms with van der Waals surface area (Å²) in [7, 11) is 0. The van der Waals surface area contributed by atoms with Crippen molar-refractivity contribution >= 4 is 0 Å². The molecular formula is C19H24N2O2. The van der Waals surface area contributed by atoms with Gasteiger partial charge in [-0.2, -0.15) is 0 Å². The third-order valence-electron chi connectivity index (χ3n) is 3.99. The van der Waals surface area contributed by atoms with Gasteiger partial charge in [0.2, 0.25) is 0 Å². The van der Waals surface area contributed by atoms with E-state index in [-0.39, 0.29) is 6.04 Å². The van der Waals surface area contributed by atoms with E-state index in [1.54, 1.807) is 0 Å². The molecule has 0 bridgehead atoms. The van der Waals surface area contributed by atoms with Crippen molar-refractivity contribution in [2.45, 2.75) is 39.8 Å². The first-order valence-corrected chi connectivity index (χ1v) is 8.14. The summed E-state index contributed by atoms with van der Waals surface area (Å²) in [4.78, 5) is 4.34. The lowest BCUT2D eigenvalue weighted by molar-refractivity contribution is 0.265. The van der Waals surface area contributed by atoms with Gasteiger partial charge in [0.1, 0.15) is 24.7 Å². The zero-order valence-corrected chi connectivity index (χ0v) is 14.0. The SMILES string of the molecule is Cc1cc2c(cn1)COc1cc(OC[C@@H](N)CC(C)C)ccc1-2. The molecule has 23 heavy (non-hydrogen) atoms. The number of aromatic nitrogens is 1. The Hall–Kier alpha value is -2.07. The van der Waals surface area contributed by atoms with Crippen LogP contribution in [0.4, 0.5) is 0 Å². The molecule has 1 aliphatic rings. The summed E-state index contributed by atoms with van der Waals surface area (Å²) in [5, 5.41) is 0. The molecule has 1 aliphatic heterocycles. The second-order valence-electron chi connectivity index (χ2n) is 6.63. The Labute approximate surface area is 137 Å². The zero-order chi connectivity index (χ0) is 16.4. The molecule has 2 heterocycles. The van der Waals surface area contributed by atoms with Crippen LogP contribution in [0.3, 0.4) is 0 Å². The Morgan fingerprint density at radius 1 is 1.26 bits per heavy atom. The van der Waals surface area contributed by atoms with Gasteiger partial charge >= 0.3 is 0 Å². The molecule has 2 aromatic rings. The zero-order valence-electron chi connectivity index (χ0n) is 14.0. The highest BCUT2D eigenvalue weighted by atomic mass is 16.5. The molecule has 3 rings (SSSR count). The van der Waals surface area contributed by atoms with E-state index in [2.05, 4.69) is 31.0 Å². The fourth-order valence-corrected chi connectivity index (χ4v) is 2.92. The number of fused-ring (bicyclic) bond motifs is 3. The van der Waals surface area contributed by atoms with Gasteiger partial charge in [-0.25, -0.2) is 0 Å². The van der Waals surface area contributed by atoms with Gasteiger partial charge in [-0.3, -0.25) is 4.98 Å². The van der Waals surface area contributed by atoms with Gasteiger partial charge in [-0.1, -0.05) is 13.8 Å². The van der Waals surface area contributed by atoms with Gasteiger partial charge < -0.3 is 15.2 Å². The molecule has 0 unspecified atom stereocenters. The number of nitrogens with zero attached hydrogens (tertiary/aromatic N) is 1. The van der Waals surface area contributed by atoms with E-state index >= 15 is 0 Å². The van der Waals surface area contributed by atoms with Crippen molar-refractivity contribution in [1.82, 2.24) is 4.98 Å². The first-order valence-electron chi connectivity index (χ1n) is 8.14. The number of hydrogen-bond acceptors (Lipinski definition) is 4. The fourth-order valence-electron chi connectivity index (χ4n) is 2.92. The van der Waals surface area contributed by atoms with Gasteiger partial charge in [0.05, 0.1) is 0 Å². The average molecular weight is 312 g/mol. The normalized spacial score (nSPS) is 14.0. The monoisotopic (exact) mass is 312 g/mol. The number of nitrogens with two attached hydrogens (primary N) is 1. The number of ether oxygens (including phenoxy) is 2. The van der Waals surface area contributed by atoms with E-state index in [9.17, 15) is 0 Å². The third-order valence-corrected chi connectivity index (χ3v) is 3.99. The van der Waals surface area contributed by atoms with Crippen LogP contribution in [0.5, 0.6) is 11.5 Å². The molecule has 1 aromatic heterocycles. The van der Waals surface area contributed by atoms with Crippen LogP contribution < -0.4 is 15.2 Å². The highest BCUT2D eigenvalue weighted by Crippen LogP contribution is 2.39. The van der Waals surface area contributed by atoms with E-state index in [1.807, 2.05) is 25.3 Å². The summed E-state index contributed by atoms with van der Waals surface area (Å²) < 4.78 is 11.7. The number of pyridine rings is 1. The van der Waals surface area contributed by atoms with Crippen LogP contribution in [-0.2, 0) is 6.61 Å². The topological polar surface area (TPSA) is 57.4 Å². The quantitative estimate of drug-likeness (QED) is 0.914. The molecule has 0 spiro atoms. The Balaban J connectivity index is 1.76. The van der Waals surface area contributed by atoms with Gasteiger partial charge in [0.25, 0.3) is 0 Å². The van der Waals surface area contributed by atoms with Gasteiger partial charge in [-0.15, -0.1) is 0 Å². The van der Waals surface area contributed by atoms with Crippen molar-refractivity contribution in [2.24, 2.45) is 11.7 Å². The number of benzene rings is 1. The Morgan fingerprint density at radius 3 is 2.87 bits per heavy atom. The molecule has 0 aliphatic carbocycles. The molecule has 122 valence electrons. The van der Waals surface area contributed by atoms with Crippen LogP contribution in [0, 0.1) is 12.8 Å². The molecule has 4 nitrogen and oxygen atoms in total. The molecule has 0 saturated carbocycles. The lowest BCUT2D eigenvalue weighted by Gasteiger charge is -2.22. The fraction of sp³-hybridized carbons (Fsp3) is 0.421. The van der Waals surface area contributed by atoms with E-state index in [0.717, 1.165) is 34.7 Å². The highest BCUT2D eigenvalue weighted by molar-refractivity contribution is 5.75. The van der Waals surface area contributed by atoms with E-state index < -0.39 is 0 Å². The summed E-state index contributed by atoms with van der Waals surface area (Å²) in [5.74, 6) is 2.24. The predicted octanol–water partition coefficient (Wildman–Crippen LogP) is 3.70. The summed E-state index contributed by atoms with van der Waals surface area (Å²) in [6.45, 7) is 7.41. The minimum atomic E-state index is 0.0569. The van der Waals surface area contributed by atoms with Gasteiger partial charge in [0.15, 0.2) is 0 Å². The van der Waals surface area contributed by atoms with Crippen LogP contribution in [-0.4, -0.2) is 17.6 Å². The summed E-state index contributed by atoms with van der Waals surface area (Å²) >= 11 is 0. The van der Waals surface area contributed by atoms with Crippen LogP contribution in [0.2, 0.25) is 0 Å². The summed E-state index contributed by atoms with van der Waals surface area (Å²) in [6, 6.07) is 8.15. The van der Waals surface area contributed by atoms with Gasteiger partial charge in [0, 0.05) is 35.1 Å².